The van der Waals surface area contributed by atoms with Crippen LogP contribution in [0, 0.1) is 0 Å². The second-order valence-corrected chi connectivity index (χ2v) is 5.26. The van der Waals surface area contributed by atoms with Gasteiger partial charge in [-0.2, -0.15) is 0 Å². The van der Waals surface area contributed by atoms with Crippen molar-refractivity contribution in [1.29, 1.82) is 0 Å². The topological polar surface area (TPSA) is 117 Å². The number of alkyl halides is 1. The molecule has 0 radical (unpaired) electrons. The minimum Gasteiger partial charge on any atom is -0.463 e. The molecule has 0 aromatic heterocycles. The second-order valence-electron chi connectivity index (χ2n) is 4.77. The fraction of sp³-hybridized carbons (Fsp3) is 0.714. The molecule has 24 heavy (non-hydrogen) atoms. The van der Waals surface area contributed by atoms with Crippen molar-refractivity contribution in [2.45, 2.75) is 45.5 Å². The Kier molecular flexibility index (Phi) is 10.7. The van der Waals surface area contributed by atoms with Crippen molar-refractivity contribution in [3.8, 4) is 0 Å². The second kappa shape index (κ2) is 11.6. The van der Waals surface area contributed by atoms with E-state index in [-0.39, 0.29) is 25.7 Å². The number of amides is 1. The van der Waals surface area contributed by atoms with Gasteiger partial charge in [0.15, 0.2) is 6.10 Å². The molecule has 1 N–H and O–H groups in total. The van der Waals surface area contributed by atoms with Crippen molar-refractivity contribution in [2.75, 3.05) is 19.8 Å². The Morgan fingerprint density at radius 3 is 1.79 bits per heavy atom. The summed E-state index contributed by atoms with van der Waals surface area (Å²) in [7, 11) is 0. The molecule has 0 fully saturated rings. The molecule has 0 aromatic rings. The number of carbonyl (C=O) groups is 4. The smallest absolute Gasteiger partial charge is 0.303 e. The monoisotopic (exact) mass is 367 g/mol. The normalized spacial score (nSPS) is 14.0. The quantitative estimate of drug-likeness (QED) is 0.329. The van der Waals surface area contributed by atoms with Gasteiger partial charge in [0, 0.05) is 27.7 Å². The van der Waals surface area contributed by atoms with E-state index in [0.29, 0.717) is 0 Å². The highest BCUT2D eigenvalue weighted by molar-refractivity contribution is 6.20. The minimum absolute atomic E-state index is 0.0200. The largest absolute Gasteiger partial charge is 0.463 e. The molecule has 0 aliphatic heterocycles. The summed E-state index contributed by atoms with van der Waals surface area (Å²) in [4.78, 5) is 44.1. The van der Waals surface area contributed by atoms with Gasteiger partial charge in [-0.25, -0.2) is 0 Å². The van der Waals surface area contributed by atoms with Gasteiger partial charge in [-0.05, 0) is 0 Å². The Morgan fingerprint density at radius 1 is 0.875 bits per heavy atom. The molecule has 0 aromatic carbocycles. The van der Waals surface area contributed by atoms with Gasteiger partial charge >= 0.3 is 17.9 Å². The summed E-state index contributed by atoms with van der Waals surface area (Å²) in [6.07, 6.45) is -2.03. The van der Waals surface area contributed by atoms with Crippen LogP contribution in [0.1, 0.15) is 27.7 Å². The average Bonchev–Trinajstić information content (AvgIpc) is 2.45. The van der Waals surface area contributed by atoms with Crippen molar-refractivity contribution in [3.05, 3.63) is 0 Å². The summed E-state index contributed by atoms with van der Waals surface area (Å²) in [6, 6.07) is 0. The molecule has 3 atom stereocenters. The van der Waals surface area contributed by atoms with Crippen LogP contribution in [-0.2, 0) is 38.1 Å². The van der Waals surface area contributed by atoms with Gasteiger partial charge in [-0.1, -0.05) is 11.6 Å². The molecule has 0 heterocycles. The van der Waals surface area contributed by atoms with Crippen LogP contribution in [0.2, 0.25) is 0 Å². The van der Waals surface area contributed by atoms with E-state index in [1.54, 1.807) is 0 Å². The predicted molar refractivity (Wildman–Crippen MR) is 82.0 cm³/mol. The molecule has 0 saturated heterocycles. The van der Waals surface area contributed by atoms with Crippen LogP contribution in [0.25, 0.3) is 0 Å². The molecular weight excluding hydrogens is 346 g/mol. The van der Waals surface area contributed by atoms with E-state index in [1.165, 1.54) is 27.7 Å². The minimum atomic E-state index is -1.04. The highest BCUT2D eigenvalue weighted by atomic mass is 35.5. The van der Waals surface area contributed by atoms with E-state index in [0.717, 1.165) is 0 Å². The Morgan fingerprint density at radius 2 is 1.38 bits per heavy atom. The fourth-order valence-electron chi connectivity index (χ4n) is 1.53. The van der Waals surface area contributed by atoms with Crippen molar-refractivity contribution >= 4 is 35.4 Å². The van der Waals surface area contributed by atoms with Gasteiger partial charge in [0.1, 0.15) is 24.9 Å². The molecule has 138 valence electrons. The van der Waals surface area contributed by atoms with Crippen molar-refractivity contribution < 1.29 is 38.1 Å². The lowest BCUT2D eigenvalue weighted by molar-refractivity contribution is -0.174. The summed E-state index contributed by atoms with van der Waals surface area (Å²) in [5, 5.41) is 2.45. The van der Waals surface area contributed by atoms with Crippen LogP contribution in [-0.4, -0.2) is 61.3 Å². The van der Waals surface area contributed by atoms with Gasteiger partial charge in [-0.3, -0.25) is 19.2 Å². The molecule has 0 aliphatic carbocycles. The summed E-state index contributed by atoms with van der Waals surface area (Å²) < 4.78 is 20.2. The van der Waals surface area contributed by atoms with E-state index < -0.39 is 35.7 Å². The van der Waals surface area contributed by atoms with Crippen molar-refractivity contribution in [3.63, 3.8) is 0 Å². The summed E-state index contributed by atoms with van der Waals surface area (Å²) >= 11 is 5.95. The first-order valence-electron chi connectivity index (χ1n) is 7.09. The van der Waals surface area contributed by atoms with E-state index in [2.05, 4.69) is 5.32 Å². The van der Waals surface area contributed by atoms with Crippen LogP contribution in [0.3, 0.4) is 0 Å². The maximum Gasteiger partial charge on any atom is 0.303 e. The van der Waals surface area contributed by atoms with Crippen molar-refractivity contribution in [1.82, 2.24) is 5.32 Å². The van der Waals surface area contributed by atoms with Crippen LogP contribution < -0.4 is 5.32 Å². The lowest BCUT2D eigenvalue weighted by atomic mass is 10.2. The fourth-order valence-corrected chi connectivity index (χ4v) is 1.73. The van der Waals surface area contributed by atoms with Gasteiger partial charge in [0.05, 0.1) is 6.54 Å². The zero-order chi connectivity index (χ0) is 18.7. The third-order valence-corrected chi connectivity index (χ3v) is 2.72. The molecule has 1 unspecified atom stereocenters. The number of carbonyl (C=O) groups excluding carboxylic acids is 4. The van der Waals surface area contributed by atoms with Gasteiger partial charge in [0.25, 0.3) is 0 Å². The maximum absolute atomic E-state index is 11.2. The molecule has 10 heteroatoms. The van der Waals surface area contributed by atoms with E-state index in [1.807, 2.05) is 0 Å². The number of hydrogen-bond donors (Lipinski definition) is 1. The predicted octanol–water partition coefficient (Wildman–Crippen LogP) is 0.131. The number of nitrogens with one attached hydrogen (secondary N) is 1. The first-order valence-corrected chi connectivity index (χ1v) is 7.53. The average molecular weight is 368 g/mol. The highest BCUT2D eigenvalue weighted by Crippen LogP contribution is 2.12. The standard InChI is InChI=1S/C14H22ClNO8/c1-8(17)16-5-14(15)24-13(7-22-10(3)19)12(23-11(4)20)6-21-9(2)18/h12-14H,5-7H2,1-4H3,(H,16,17)/t12-,13?,14-/m0/s1. The van der Waals surface area contributed by atoms with Crippen LogP contribution in [0.5, 0.6) is 0 Å². The molecule has 0 aliphatic rings. The summed E-state index contributed by atoms with van der Waals surface area (Å²) in [6.45, 7) is 4.26. The summed E-state index contributed by atoms with van der Waals surface area (Å²) in [5.41, 5.74) is -0.982. The van der Waals surface area contributed by atoms with E-state index in [9.17, 15) is 19.2 Å². The highest BCUT2D eigenvalue weighted by Gasteiger charge is 2.30. The van der Waals surface area contributed by atoms with Gasteiger partial charge in [0.2, 0.25) is 5.91 Å². The summed E-state index contributed by atoms with van der Waals surface area (Å²) in [5.74, 6) is -2.11. The maximum atomic E-state index is 11.2. The van der Waals surface area contributed by atoms with E-state index in [4.69, 9.17) is 30.5 Å². The lowest BCUT2D eigenvalue weighted by Crippen LogP contribution is -2.43. The number of halogens is 1. The number of ether oxygens (including phenoxy) is 4. The molecule has 9 nitrogen and oxygen atoms in total. The van der Waals surface area contributed by atoms with Gasteiger partial charge < -0.3 is 24.3 Å². The van der Waals surface area contributed by atoms with Gasteiger partial charge in [-0.15, -0.1) is 0 Å². The molecular formula is C14H22ClNO8. The molecule has 0 bridgehead atoms. The van der Waals surface area contributed by atoms with Crippen LogP contribution >= 0.6 is 11.6 Å². The molecule has 0 rings (SSSR count). The van der Waals surface area contributed by atoms with E-state index >= 15 is 0 Å². The lowest BCUT2D eigenvalue weighted by Gasteiger charge is -2.28. The van der Waals surface area contributed by atoms with Crippen LogP contribution in [0.15, 0.2) is 0 Å². The Hall–Kier alpha value is -1.87. The Balaban J connectivity index is 4.96. The third-order valence-electron chi connectivity index (χ3n) is 2.47. The Labute approximate surface area is 144 Å². The molecule has 0 spiro atoms. The Bertz CT molecular complexity index is 456. The molecule has 1 amide bonds. The number of hydrogen-bond acceptors (Lipinski definition) is 8. The third kappa shape index (κ3) is 11.7. The molecule has 0 saturated carbocycles. The van der Waals surface area contributed by atoms with Crippen LogP contribution in [0.4, 0.5) is 0 Å². The number of rotatable bonds is 10. The van der Waals surface area contributed by atoms with Crippen molar-refractivity contribution in [2.24, 2.45) is 0 Å². The zero-order valence-corrected chi connectivity index (χ0v) is 14.8. The SMILES string of the molecule is CC(=O)NC[C@@H](Cl)OC(COC(C)=O)[C@H](COC(C)=O)OC(C)=O. The zero-order valence-electron chi connectivity index (χ0n) is 14.0. The first-order chi connectivity index (χ1) is 11.1. The first kappa shape index (κ1) is 22.1. The number of esters is 3.